The SMILES string of the molecule is CC(C)c1nc(CC(=O)N2CCOC[C@@H]2c2nc(-c3ccccc3)no2)cs1. The van der Waals surface area contributed by atoms with E-state index in [0.717, 1.165) is 16.3 Å². The molecule has 1 aliphatic rings. The number of carbonyl (C=O) groups excluding carboxylic acids is 1. The van der Waals surface area contributed by atoms with Crippen LogP contribution in [0.4, 0.5) is 0 Å². The van der Waals surface area contributed by atoms with Gasteiger partial charge in [-0.15, -0.1) is 11.3 Å². The number of hydrogen-bond acceptors (Lipinski definition) is 7. The summed E-state index contributed by atoms with van der Waals surface area (Å²) in [5.41, 5.74) is 1.68. The zero-order chi connectivity index (χ0) is 19.5. The Labute approximate surface area is 167 Å². The van der Waals surface area contributed by atoms with Crippen LogP contribution in [0.3, 0.4) is 0 Å². The van der Waals surface area contributed by atoms with Crippen LogP contribution in [-0.4, -0.2) is 45.7 Å². The van der Waals surface area contributed by atoms with E-state index in [4.69, 9.17) is 9.26 Å². The highest BCUT2D eigenvalue weighted by Gasteiger charge is 2.33. The van der Waals surface area contributed by atoms with E-state index in [1.165, 1.54) is 0 Å². The summed E-state index contributed by atoms with van der Waals surface area (Å²) >= 11 is 1.60. The number of benzene rings is 1. The molecule has 1 atom stereocenters. The highest BCUT2D eigenvalue weighted by molar-refractivity contribution is 7.09. The third kappa shape index (κ3) is 3.98. The van der Waals surface area contributed by atoms with Gasteiger partial charge in [-0.1, -0.05) is 49.3 Å². The van der Waals surface area contributed by atoms with Gasteiger partial charge in [0.05, 0.1) is 30.3 Å². The molecule has 0 unspecified atom stereocenters. The van der Waals surface area contributed by atoms with Crippen LogP contribution in [0.1, 0.15) is 42.4 Å². The number of amides is 1. The van der Waals surface area contributed by atoms with Crippen molar-refractivity contribution in [3.05, 3.63) is 52.3 Å². The smallest absolute Gasteiger partial charge is 0.252 e. The minimum absolute atomic E-state index is 0.00614. The average molecular weight is 398 g/mol. The third-order valence-corrected chi connectivity index (χ3v) is 5.80. The Morgan fingerprint density at radius 3 is 2.86 bits per heavy atom. The van der Waals surface area contributed by atoms with Crippen LogP contribution in [-0.2, 0) is 16.0 Å². The van der Waals surface area contributed by atoms with Crippen LogP contribution in [0, 0.1) is 0 Å². The van der Waals surface area contributed by atoms with E-state index in [-0.39, 0.29) is 18.4 Å². The lowest BCUT2D eigenvalue weighted by Gasteiger charge is -2.33. The predicted octanol–water partition coefficient (Wildman–Crippen LogP) is 3.46. The Balaban J connectivity index is 1.51. The van der Waals surface area contributed by atoms with Crippen molar-refractivity contribution in [2.75, 3.05) is 19.8 Å². The molecule has 1 saturated heterocycles. The van der Waals surface area contributed by atoms with Crippen LogP contribution >= 0.6 is 11.3 Å². The van der Waals surface area contributed by atoms with E-state index in [1.54, 1.807) is 16.2 Å². The maximum absolute atomic E-state index is 13.0. The van der Waals surface area contributed by atoms with Gasteiger partial charge in [0.2, 0.25) is 11.7 Å². The van der Waals surface area contributed by atoms with E-state index in [0.29, 0.717) is 37.4 Å². The van der Waals surface area contributed by atoms with Gasteiger partial charge in [-0.2, -0.15) is 4.98 Å². The van der Waals surface area contributed by atoms with E-state index in [1.807, 2.05) is 35.7 Å². The molecule has 3 heterocycles. The second-order valence-corrected chi connectivity index (χ2v) is 7.90. The van der Waals surface area contributed by atoms with Crippen LogP contribution in [0.15, 0.2) is 40.2 Å². The first kappa shape index (κ1) is 18.8. The molecule has 0 aliphatic carbocycles. The molecule has 1 fully saturated rings. The summed E-state index contributed by atoms with van der Waals surface area (Å²) < 4.78 is 11.1. The largest absolute Gasteiger partial charge is 0.377 e. The van der Waals surface area contributed by atoms with Crippen LogP contribution in [0.25, 0.3) is 11.4 Å². The number of hydrogen-bond donors (Lipinski definition) is 0. The van der Waals surface area contributed by atoms with Crippen LogP contribution in [0.2, 0.25) is 0 Å². The Kier molecular flexibility index (Phi) is 5.50. The second kappa shape index (κ2) is 8.20. The second-order valence-electron chi connectivity index (χ2n) is 7.01. The minimum Gasteiger partial charge on any atom is -0.377 e. The molecule has 7 nitrogen and oxygen atoms in total. The molecule has 146 valence electrons. The number of rotatable bonds is 5. The molecule has 28 heavy (non-hydrogen) atoms. The average Bonchev–Trinajstić information content (AvgIpc) is 3.38. The number of ether oxygens (including phenoxy) is 1. The van der Waals surface area contributed by atoms with Crippen LogP contribution in [0.5, 0.6) is 0 Å². The number of nitrogens with zero attached hydrogens (tertiary/aromatic N) is 4. The lowest BCUT2D eigenvalue weighted by Crippen LogP contribution is -2.44. The fraction of sp³-hybridized carbons (Fsp3) is 0.400. The first-order valence-corrected chi connectivity index (χ1v) is 10.2. The molecular weight excluding hydrogens is 376 g/mol. The molecule has 8 heteroatoms. The molecule has 0 spiro atoms. The minimum atomic E-state index is -0.380. The maximum Gasteiger partial charge on any atom is 0.252 e. The molecule has 0 radical (unpaired) electrons. The zero-order valence-electron chi connectivity index (χ0n) is 15.9. The zero-order valence-corrected chi connectivity index (χ0v) is 16.7. The Morgan fingerprint density at radius 1 is 1.29 bits per heavy atom. The van der Waals surface area contributed by atoms with Gasteiger partial charge in [-0.05, 0) is 0 Å². The summed E-state index contributed by atoms with van der Waals surface area (Å²) in [4.78, 5) is 23.8. The van der Waals surface area contributed by atoms with Gasteiger partial charge in [-0.25, -0.2) is 4.98 Å². The van der Waals surface area contributed by atoms with Crippen molar-refractivity contribution in [3.63, 3.8) is 0 Å². The third-order valence-electron chi connectivity index (χ3n) is 4.60. The van der Waals surface area contributed by atoms with Gasteiger partial charge in [0.1, 0.15) is 6.04 Å². The molecule has 1 aliphatic heterocycles. The topological polar surface area (TPSA) is 81.4 Å². The van der Waals surface area contributed by atoms with E-state index >= 15 is 0 Å². The maximum atomic E-state index is 13.0. The van der Waals surface area contributed by atoms with Gasteiger partial charge in [-0.3, -0.25) is 4.79 Å². The van der Waals surface area contributed by atoms with Crippen LogP contribution < -0.4 is 0 Å². The Morgan fingerprint density at radius 2 is 2.11 bits per heavy atom. The number of thiazole rings is 1. The van der Waals surface area contributed by atoms with Crippen molar-refractivity contribution >= 4 is 17.2 Å². The molecular formula is C20H22N4O3S. The van der Waals surface area contributed by atoms with E-state index in [2.05, 4.69) is 29.0 Å². The van der Waals surface area contributed by atoms with Crippen molar-refractivity contribution in [2.45, 2.75) is 32.2 Å². The van der Waals surface area contributed by atoms with Gasteiger partial charge >= 0.3 is 0 Å². The summed E-state index contributed by atoms with van der Waals surface area (Å²) in [7, 11) is 0. The summed E-state index contributed by atoms with van der Waals surface area (Å²) in [6.07, 6.45) is 0.263. The monoisotopic (exact) mass is 398 g/mol. The van der Waals surface area contributed by atoms with E-state index in [9.17, 15) is 4.79 Å². The van der Waals surface area contributed by atoms with Gasteiger partial charge < -0.3 is 14.2 Å². The quantitative estimate of drug-likeness (QED) is 0.655. The standard InChI is InChI=1S/C20H22N4O3S/c1-13(2)20-21-15(12-28-20)10-17(25)24-8-9-26-11-16(24)19-22-18(23-27-19)14-6-4-3-5-7-14/h3-7,12-13,16H,8-11H2,1-2H3/t16-/m1/s1. The molecule has 1 amide bonds. The molecule has 3 aromatic rings. The molecule has 0 saturated carbocycles. The van der Waals surface area contributed by atoms with Crippen molar-refractivity contribution in [1.82, 2.24) is 20.0 Å². The van der Waals surface area contributed by atoms with Crippen molar-refractivity contribution in [3.8, 4) is 11.4 Å². The summed E-state index contributed by atoms with van der Waals surface area (Å²) in [6.45, 7) is 5.53. The number of morpholine rings is 1. The number of aromatic nitrogens is 3. The van der Waals surface area contributed by atoms with Crippen molar-refractivity contribution < 1.29 is 14.1 Å². The summed E-state index contributed by atoms with van der Waals surface area (Å²) in [6, 6.07) is 9.24. The van der Waals surface area contributed by atoms with Gasteiger partial charge in [0.25, 0.3) is 5.89 Å². The van der Waals surface area contributed by atoms with Crippen molar-refractivity contribution in [2.24, 2.45) is 0 Å². The first-order chi connectivity index (χ1) is 13.6. The van der Waals surface area contributed by atoms with Crippen molar-refractivity contribution in [1.29, 1.82) is 0 Å². The summed E-state index contributed by atoms with van der Waals surface area (Å²) in [5.74, 6) is 1.26. The highest BCUT2D eigenvalue weighted by Crippen LogP contribution is 2.27. The molecule has 0 bridgehead atoms. The predicted molar refractivity (Wildman–Crippen MR) is 105 cm³/mol. The number of carbonyl (C=O) groups is 1. The molecule has 1 aromatic carbocycles. The van der Waals surface area contributed by atoms with Gasteiger partial charge in [0, 0.05) is 23.4 Å². The highest BCUT2D eigenvalue weighted by atomic mass is 32.1. The fourth-order valence-electron chi connectivity index (χ4n) is 3.11. The summed E-state index contributed by atoms with van der Waals surface area (Å²) in [5, 5.41) is 7.08. The Hall–Kier alpha value is -2.58. The molecule has 2 aromatic heterocycles. The van der Waals surface area contributed by atoms with E-state index < -0.39 is 0 Å². The Bertz CT molecular complexity index is 938. The normalized spacial score (nSPS) is 17.2. The lowest BCUT2D eigenvalue weighted by atomic mass is 10.2. The first-order valence-electron chi connectivity index (χ1n) is 9.32. The lowest BCUT2D eigenvalue weighted by molar-refractivity contribution is -0.140. The van der Waals surface area contributed by atoms with Gasteiger partial charge in [0.15, 0.2) is 0 Å². The molecule has 0 N–H and O–H groups in total. The fourth-order valence-corrected chi connectivity index (χ4v) is 3.94. The molecule has 4 rings (SSSR count).